The minimum absolute atomic E-state index is 0.0143. The average molecular weight is 295 g/mol. The van der Waals surface area contributed by atoms with Gasteiger partial charge >= 0.3 is 0 Å². The summed E-state index contributed by atoms with van der Waals surface area (Å²) in [5, 5.41) is 0.0384. The third-order valence-electron chi connectivity index (χ3n) is 2.76. The highest BCUT2D eigenvalue weighted by Gasteiger charge is 2.09. The number of hydrogen-bond donors (Lipinski definition) is 0. The maximum atomic E-state index is 13.7. The molecule has 20 heavy (non-hydrogen) atoms. The van der Waals surface area contributed by atoms with E-state index in [0.717, 1.165) is 0 Å². The van der Waals surface area contributed by atoms with Gasteiger partial charge in [-0.3, -0.25) is 4.79 Å². The van der Waals surface area contributed by atoms with Gasteiger partial charge in [0.05, 0.1) is 17.7 Å². The third kappa shape index (κ3) is 3.08. The molecule has 0 aliphatic carbocycles. The largest absolute Gasteiger partial charge is 0.497 e. The quantitative estimate of drug-likeness (QED) is 0.785. The molecule has 0 unspecified atom stereocenters. The number of aldehydes is 1. The molecule has 0 saturated carbocycles. The molecular formula is C15H12ClFO3. The van der Waals surface area contributed by atoms with E-state index in [1.54, 1.807) is 30.3 Å². The van der Waals surface area contributed by atoms with Crippen LogP contribution in [0.4, 0.5) is 4.39 Å². The molecule has 0 amide bonds. The molecule has 0 atom stereocenters. The third-order valence-corrected chi connectivity index (χ3v) is 3.05. The Hall–Kier alpha value is -2.07. The summed E-state index contributed by atoms with van der Waals surface area (Å²) >= 11 is 5.69. The van der Waals surface area contributed by atoms with Gasteiger partial charge in [0.15, 0.2) is 6.29 Å². The van der Waals surface area contributed by atoms with Crippen LogP contribution in [0.2, 0.25) is 5.02 Å². The number of rotatable bonds is 5. The second-order valence-corrected chi connectivity index (χ2v) is 4.43. The highest BCUT2D eigenvalue weighted by atomic mass is 35.5. The first-order valence-corrected chi connectivity index (χ1v) is 6.22. The normalized spacial score (nSPS) is 10.2. The maximum Gasteiger partial charge on any atom is 0.153 e. The minimum Gasteiger partial charge on any atom is -0.497 e. The smallest absolute Gasteiger partial charge is 0.153 e. The Kier molecular flexibility index (Phi) is 4.58. The second kappa shape index (κ2) is 6.39. The lowest BCUT2D eigenvalue weighted by Gasteiger charge is -2.10. The fraction of sp³-hybridized carbons (Fsp3) is 0.133. The highest BCUT2D eigenvalue weighted by molar-refractivity contribution is 6.30. The summed E-state index contributed by atoms with van der Waals surface area (Å²) in [5.41, 5.74) is 0.664. The summed E-state index contributed by atoms with van der Waals surface area (Å²) in [6, 6.07) is 9.49. The Morgan fingerprint density at radius 1 is 1.30 bits per heavy atom. The number of ether oxygens (including phenoxy) is 2. The molecule has 0 aromatic heterocycles. The monoisotopic (exact) mass is 294 g/mol. The Labute approximate surface area is 120 Å². The van der Waals surface area contributed by atoms with E-state index in [2.05, 4.69) is 0 Å². The van der Waals surface area contributed by atoms with E-state index in [1.807, 2.05) is 0 Å². The number of carbonyl (C=O) groups is 1. The van der Waals surface area contributed by atoms with Crippen molar-refractivity contribution in [1.29, 1.82) is 0 Å². The molecule has 5 heteroatoms. The van der Waals surface area contributed by atoms with Crippen LogP contribution in [0.5, 0.6) is 11.5 Å². The molecule has 2 aromatic rings. The molecule has 0 radical (unpaired) electrons. The SMILES string of the molecule is COc1ccc(OCc2cccc(Cl)c2F)c(C=O)c1. The van der Waals surface area contributed by atoms with Gasteiger partial charge in [0, 0.05) is 5.56 Å². The van der Waals surface area contributed by atoms with Crippen molar-refractivity contribution >= 4 is 17.9 Å². The van der Waals surface area contributed by atoms with Crippen LogP contribution in [0.1, 0.15) is 15.9 Å². The van der Waals surface area contributed by atoms with Crippen molar-refractivity contribution in [3.05, 3.63) is 58.4 Å². The Morgan fingerprint density at radius 3 is 2.80 bits per heavy atom. The topological polar surface area (TPSA) is 35.5 Å². The lowest BCUT2D eigenvalue weighted by Crippen LogP contribution is -2.01. The van der Waals surface area contributed by atoms with Gasteiger partial charge in [-0.25, -0.2) is 4.39 Å². The minimum atomic E-state index is -0.518. The molecule has 0 N–H and O–H groups in total. The first kappa shape index (κ1) is 14.3. The number of halogens is 2. The Bertz CT molecular complexity index is 629. The maximum absolute atomic E-state index is 13.7. The Morgan fingerprint density at radius 2 is 2.10 bits per heavy atom. The van der Waals surface area contributed by atoms with Crippen LogP contribution in [0.15, 0.2) is 36.4 Å². The molecule has 2 rings (SSSR count). The van der Waals surface area contributed by atoms with Crippen molar-refractivity contribution in [2.45, 2.75) is 6.61 Å². The molecule has 3 nitrogen and oxygen atoms in total. The molecule has 0 aliphatic heterocycles. The predicted octanol–water partition coefficient (Wildman–Crippen LogP) is 3.88. The molecule has 104 valence electrons. The Balaban J connectivity index is 2.18. The molecule has 0 heterocycles. The average Bonchev–Trinajstić information content (AvgIpc) is 2.48. The number of carbonyl (C=O) groups excluding carboxylic acids is 1. The zero-order valence-corrected chi connectivity index (χ0v) is 11.5. The summed E-state index contributed by atoms with van der Waals surface area (Å²) in [7, 11) is 1.51. The van der Waals surface area contributed by atoms with Crippen molar-refractivity contribution in [3.8, 4) is 11.5 Å². The zero-order valence-electron chi connectivity index (χ0n) is 10.7. The van der Waals surface area contributed by atoms with E-state index >= 15 is 0 Å². The molecule has 0 aliphatic rings. The van der Waals surface area contributed by atoms with E-state index < -0.39 is 5.82 Å². The van der Waals surface area contributed by atoms with Crippen LogP contribution in [0.25, 0.3) is 0 Å². The summed E-state index contributed by atoms with van der Waals surface area (Å²) in [5.74, 6) is 0.392. The molecule has 2 aromatic carbocycles. The molecular weight excluding hydrogens is 283 g/mol. The van der Waals surface area contributed by atoms with Gasteiger partial charge < -0.3 is 9.47 Å². The number of benzene rings is 2. The first-order valence-electron chi connectivity index (χ1n) is 5.84. The van der Waals surface area contributed by atoms with Crippen LogP contribution in [0, 0.1) is 5.82 Å². The van der Waals surface area contributed by atoms with Crippen molar-refractivity contribution in [2.24, 2.45) is 0 Å². The van der Waals surface area contributed by atoms with Crippen LogP contribution in [0.3, 0.4) is 0 Å². The molecule has 0 spiro atoms. The van der Waals surface area contributed by atoms with E-state index in [4.69, 9.17) is 21.1 Å². The second-order valence-electron chi connectivity index (χ2n) is 4.02. The first-order chi connectivity index (χ1) is 9.65. The van der Waals surface area contributed by atoms with Gasteiger partial charge in [-0.15, -0.1) is 0 Å². The lowest BCUT2D eigenvalue weighted by molar-refractivity contribution is 0.111. The number of methoxy groups -OCH3 is 1. The van der Waals surface area contributed by atoms with Crippen molar-refractivity contribution < 1.29 is 18.7 Å². The van der Waals surface area contributed by atoms with Crippen molar-refractivity contribution in [3.63, 3.8) is 0 Å². The van der Waals surface area contributed by atoms with E-state index in [1.165, 1.54) is 13.2 Å². The van der Waals surface area contributed by atoms with Gasteiger partial charge in [-0.05, 0) is 24.3 Å². The van der Waals surface area contributed by atoms with Crippen molar-refractivity contribution in [1.82, 2.24) is 0 Å². The summed E-state index contributed by atoms with van der Waals surface area (Å²) in [4.78, 5) is 11.0. The van der Waals surface area contributed by atoms with Crippen LogP contribution in [-0.4, -0.2) is 13.4 Å². The highest BCUT2D eigenvalue weighted by Crippen LogP contribution is 2.25. The summed E-state index contributed by atoms with van der Waals surface area (Å²) in [6.07, 6.45) is 0.659. The summed E-state index contributed by atoms with van der Waals surface area (Å²) in [6.45, 7) is -0.0143. The van der Waals surface area contributed by atoms with Crippen molar-refractivity contribution in [2.75, 3.05) is 7.11 Å². The van der Waals surface area contributed by atoms with Gasteiger partial charge in [-0.1, -0.05) is 23.7 Å². The zero-order chi connectivity index (χ0) is 14.5. The van der Waals surface area contributed by atoms with Crippen LogP contribution in [-0.2, 0) is 6.61 Å². The van der Waals surface area contributed by atoms with E-state index in [0.29, 0.717) is 28.9 Å². The van der Waals surface area contributed by atoms with Gasteiger partial charge in [0.25, 0.3) is 0 Å². The van der Waals surface area contributed by atoms with Gasteiger partial charge in [0.2, 0.25) is 0 Å². The van der Waals surface area contributed by atoms with E-state index in [-0.39, 0.29) is 11.6 Å². The van der Waals surface area contributed by atoms with E-state index in [9.17, 15) is 9.18 Å². The standard InChI is InChI=1S/C15H12ClFO3/c1-19-12-5-6-14(11(7-12)8-18)20-9-10-3-2-4-13(16)15(10)17/h2-8H,9H2,1H3. The van der Waals surface area contributed by atoms with Gasteiger partial charge in [-0.2, -0.15) is 0 Å². The molecule has 0 fully saturated rings. The molecule has 0 saturated heterocycles. The predicted molar refractivity (Wildman–Crippen MR) is 74.1 cm³/mol. The van der Waals surface area contributed by atoms with Crippen LogP contribution >= 0.6 is 11.6 Å². The molecule has 0 bridgehead atoms. The summed E-state index contributed by atoms with van der Waals surface area (Å²) < 4.78 is 24.2. The lowest BCUT2D eigenvalue weighted by atomic mass is 10.2. The fourth-order valence-electron chi connectivity index (χ4n) is 1.69. The van der Waals surface area contributed by atoms with Crippen LogP contribution < -0.4 is 9.47 Å². The van der Waals surface area contributed by atoms with Gasteiger partial charge in [0.1, 0.15) is 23.9 Å². The fourth-order valence-corrected chi connectivity index (χ4v) is 1.89. The number of hydrogen-bond acceptors (Lipinski definition) is 3.